The van der Waals surface area contributed by atoms with Crippen LogP contribution in [0.25, 0.3) is 0 Å². The van der Waals surface area contributed by atoms with E-state index >= 15 is 0 Å². The molecule has 0 aromatic heterocycles. The van der Waals surface area contributed by atoms with Crippen LogP contribution in [0.3, 0.4) is 0 Å². The summed E-state index contributed by atoms with van der Waals surface area (Å²) in [6.45, 7) is 0.317. The lowest BCUT2D eigenvalue weighted by atomic mass is 10.2. The maximum atomic E-state index is 12.9. The third kappa shape index (κ3) is 4.05. The quantitative estimate of drug-likeness (QED) is 0.856. The van der Waals surface area contributed by atoms with Gasteiger partial charge >= 0.3 is 0 Å². The van der Waals surface area contributed by atoms with Crippen LogP contribution in [0.5, 0.6) is 0 Å². The first kappa shape index (κ1) is 14.0. The molecule has 2 N–H and O–H groups in total. The number of halogens is 1. The fourth-order valence-electron chi connectivity index (χ4n) is 1.79. The van der Waals surface area contributed by atoms with Gasteiger partial charge < -0.3 is 10.6 Å². The van der Waals surface area contributed by atoms with E-state index in [1.165, 1.54) is 18.2 Å². The maximum absolute atomic E-state index is 12.9. The number of benzene rings is 1. The van der Waals surface area contributed by atoms with Crippen molar-refractivity contribution in [1.29, 1.82) is 0 Å². The Morgan fingerprint density at radius 3 is 2.80 bits per heavy atom. The Kier molecular flexibility index (Phi) is 4.65. The van der Waals surface area contributed by atoms with Crippen LogP contribution in [-0.4, -0.2) is 24.9 Å². The van der Waals surface area contributed by atoms with Crippen LogP contribution in [0.4, 0.5) is 4.39 Å². The van der Waals surface area contributed by atoms with Gasteiger partial charge in [-0.1, -0.05) is 24.3 Å². The Morgan fingerprint density at radius 2 is 2.10 bits per heavy atom. The summed E-state index contributed by atoms with van der Waals surface area (Å²) in [6, 6.07) is 5.32. The first-order valence-corrected chi connectivity index (χ1v) is 6.31. The van der Waals surface area contributed by atoms with Gasteiger partial charge in [-0.25, -0.2) is 4.39 Å². The van der Waals surface area contributed by atoms with Gasteiger partial charge in [-0.3, -0.25) is 9.59 Å². The number of hydrogen-bond donors (Lipinski definition) is 2. The Balaban J connectivity index is 1.75. The van der Waals surface area contributed by atoms with E-state index in [4.69, 9.17) is 0 Å². The number of carbonyl (C=O) groups excluding carboxylic acids is 2. The maximum Gasteiger partial charge on any atom is 0.251 e. The predicted octanol–water partition coefficient (Wildman–Crippen LogP) is 1.56. The van der Waals surface area contributed by atoms with Crippen LogP contribution in [-0.2, 0) is 4.79 Å². The Hall–Kier alpha value is -2.43. The second kappa shape index (κ2) is 6.65. The zero-order valence-corrected chi connectivity index (χ0v) is 10.9. The monoisotopic (exact) mass is 274 g/mol. The minimum absolute atomic E-state index is 0.133. The van der Waals surface area contributed by atoms with Crippen molar-refractivity contribution in [2.24, 2.45) is 0 Å². The number of carbonyl (C=O) groups is 2. The minimum atomic E-state index is -0.484. The summed E-state index contributed by atoms with van der Waals surface area (Å²) < 4.78 is 12.9. The second-order valence-electron chi connectivity index (χ2n) is 4.39. The molecule has 0 fully saturated rings. The first-order chi connectivity index (χ1) is 9.65. The van der Waals surface area contributed by atoms with Crippen LogP contribution < -0.4 is 10.6 Å². The SMILES string of the molecule is O=C(CNC(=O)c1cccc(F)c1)NCC1=CCC=C1. The number of nitrogens with one attached hydrogen (secondary N) is 2. The molecular formula is C15H15FN2O2. The molecule has 1 aliphatic carbocycles. The molecule has 0 unspecified atom stereocenters. The standard InChI is InChI=1S/C15H15FN2O2/c16-13-7-3-6-12(8-13)15(20)18-10-14(19)17-9-11-4-1-2-5-11/h1,3-8H,2,9-10H2,(H,17,19)(H,18,20). The number of amides is 2. The highest BCUT2D eigenvalue weighted by Gasteiger charge is 2.08. The highest BCUT2D eigenvalue weighted by Crippen LogP contribution is 2.06. The average molecular weight is 274 g/mol. The molecular weight excluding hydrogens is 259 g/mol. The second-order valence-corrected chi connectivity index (χ2v) is 4.39. The number of rotatable bonds is 5. The lowest BCUT2D eigenvalue weighted by Crippen LogP contribution is -2.37. The molecule has 2 amide bonds. The topological polar surface area (TPSA) is 58.2 Å². The normalized spacial score (nSPS) is 12.9. The van der Waals surface area contributed by atoms with Gasteiger partial charge in [-0.2, -0.15) is 0 Å². The molecule has 0 atom stereocenters. The van der Waals surface area contributed by atoms with Crippen LogP contribution in [0.15, 0.2) is 48.1 Å². The zero-order valence-electron chi connectivity index (χ0n) is 10.9. The van der Waals surface area contributed by atoms with Crippen molar-refractivity contribution in [3.05, 3.63) is 59.4 Å². The molecule has 1 aliphatic rings. The molecule has 5 heteroatoms. The van der Waals surface area contributed by atoms with E-state index in [2.05, 4.69) is 10.6 Å². The van der Waals surface area contributed by atoms with Gasteiger partial charge in [0.15, 0.2) is 0 Å². The molecule has 0 spiro atoms. The van der Waals surface area contributed by atoms with E-state index in [1.54, 1.807) is 0 Å². The highest BCUT2D eigenvalue weighted by atomic mass is 19.1. The molecule has 0 saturated carbocycles. The summed E-state index contributed by atoms with van der Waals surface area (Å²) in [5.74, 6) is -1.24. The summed E-state index contributed by atoms with van der Waals surface area (Å²) in [7, 11) is 0. The largest absolute Gasteiger partial charge is 0.351 e. The van der Waals surface area contributed by atoms with Crippen LogP contribution in [0, 0.1) is 5.82 Å². The molecule has 0 bridgehead atoms. The van der Waals surface area contributed by atoms with E-state index < -0.39 is 11.7 Å². The first-order valence-electron chi connectivity index (χ1n) is 6.31. The lowest BCUT2D eigenvalue weighted by Gasteiger charge is -2.07. The highest BCUT2D eigenvalue weighted by molar-refractivity contribution is 5.96. The van der Waals surface area contributed by atoms with Gasteiger partial charge in [0.05, 0.1) is 6.54 Å². The van der Waals surface area contributed by atoms with E-state index in [1.807, 2.05) is 18.2 Å². The zero-order chi connectivity index (χ0) is 14.4. The van der Waals surface area contributed by atoms with Crippen LogP contribution in [0.1, 0.15) is 16.8 Å². The Labute approximate surface area is 116 Å². The van der Waals surface area contributed by atoms with Crippen molar-refractivity contribution >= 4 is 11.8 Å². The van der Waals surface area contributed by atoms with Gasteiger partial charge in [0.25, 0.3) is 5.91 Å². The molecule has 1 aromatic rings. The third-order valence-electron chi connectivity index (χ3n) is 2.83. The molecule has 4 nitrogen and oxygen atoms in total. The lowest BCUT2D eigenvalue weighted by molar-refractivity contribution is -0.119. The van der Waals surface area contributed by atoms with Gasteiger partial charge in [0, 0.05) is 12.1 Å². The summed E-state index contributed by atoms with van der Waals surface area (Å²) in [4.78, 5) is 23.2. The number of hydrogen-bond acceptors (Lipinski definition) is 2. The fourth-order valence-corrected chi connectivity index (χ4v) is 1.79. The van der Waals surface area contributed by atoms with Crippen LogP contribution in [0.2, 0.25) is 0 Å². The Morgan fingerprint density at radius 1 is 1.25 bits per heavy atom. The summed E-state index contributed by atoms with van der Waals surface area (Å²) >= 11 is 0. The molecule has 0 saturated heterocycles. The summed E-state index contributed by atoms with van der Waals surface area (Å²) in [6.07, 6.45) is 6.87. The molecule has 2 rings (SSSR count). The molecule has 104 valence electrons. The van der Waals surface area contributed by atoms with Crippen molar-refractivity contribution in [2.45, 2.75) is 6.42 Å². The van der Waals surface area contributed by atoms with Crippen molar-refractivity contribution in [1.82, 2.24) is 10.6 Å². The number of allylic oxidation sites excluding steroid dienone is 2. The predicted molar refractivity (Wildman–Crippen MR) is 73.6 cm³/mol. The van der Waals surface area contributed by atoms with Gasteiger partial charge in [-0.05, 0) is 30.2 Å². The summed E-state index contributed by atoms with van der Waals surface area (Å²) in [5, 5.41) is 5.14. The van der Waals surface area contributed by atoms with Gasteiger partial charge in [0.2, 0.25) is 5.91 Å². The third-order valence-corrected chi connectivity index (χ3v) is 2.83. The van der Waals surface area contributed by atoms with E-state index in [9.17, 15) is 14.0 Å². The fraction of sp³-hybridized carbons (Fsp3) is 0.200. The smallest absolute Gasteiger partial charge is 0.251 e. The van der Waals surface area contributed by atoms with Crippen molar-refractivity contribution in [3.63, 3.8) is 0 Å². The van der Waals surface area contributed by atoms with Crippen LogP contribution >= 0.6 is 0 Å². The van der Waals surface area contributed by atoms with Crippen molar-refractivity contribution in [3.8, 4) is 0 Å². The van der Waals surface area contributed by atoms with E-state index in [0.717, 1.165) is 18.1 Å². The Bertz CT molecular complexity index is 579. The summed E-state index contributed by atoms with van der Waals surface area (Å²) in [5.41, 5.74) is 1.24. The van der Waals surface area contributed by atoms with Crippen molar-refractivity contribution in [2.75, 3.05) is 13.1 Å². The average Bonchev–Trinajstić information content (AvgIpc) is 2.95. The van der Waals surface area contributed by atoms with Crippen molar-refractivity contribution < 1.29 is 14.0 Å². The minimum Gasteiger partial charge on any atom is -0.351 e. The van der Waals surface area contributed by atoms with E-state index in [0.29, 0.717) is 6.54 Å². The molecule has 0 radical (unpaired) electrons. The molecule has 0 aliphatic heterocycles. The molecule has 0 heterocycles. The van der Waals surface area contributed by atoms with Gasteiger partial charge in [0.1, 0.15) is 5.82 Å². The molecule has 1 aromatic carbocycles. The van der Waals surface area contributed by atoms with E-state index in [-0.39, 0.29) is 18.0 Å². The molecule has 20 heavy (non-hydrogen) atoms. The van der Waals surface area contributed by atoms with Gasteiger partial charge in [-0.15, -0.1) is 0 Å².